The average molecular weight is 348 g/mol. The number of rotatable bonds is 5. The second-order valence-electron chi connectivity index (χ2n) is 5.99. The van der Waals surface area contributed by atoms with E-state index in [-0.39, 0.29) is 12.1 Å². The van der Waals surface area contributed by atoms with Crippen LogP contribution in [0.1, 0.15) is 35.6 Å². The Labute approximate surface area is 145 Å². The Bertz CT molecular complexity index is 737. The number of nitrogens with zero attached hydrogens (tertiary/aromatic N) is 1. The first-order valence-corrected chi connectivity index (χ1v) is 9.34. The maximum Gasteiger partial charge on any atom is 0.317 e. The number of nitrogens with one attached hydrogen (secondary N) is 1. The number of carbonyl (C=O) groups excluding carboxylic acids is 1. The second kappa shape index (κ2) is 7.66. The molecule has 0 bridgehead atoms. The largest absolute Gasteiger partial charge is 0.466 e. The Morgan fingerprint density at radius 1 is 1.29 bits per heavy atom. The number of carbonyl (C=O) groups is 1. The fraction of sp³-hybridized carbons (Fsp3) is 0.389. The van der Waals surface area contributed by atoms with Gasteiger partial charge in [-0.1, -0.05) is 12.1 Å². The van der Waals surface area contributed by atoms with E-state index in [1.54, 1.807) is 18.2 Å². The highest BCUT2D eigenvalue weighted by molar-refractivity contribution is 7.84. The van der Waals surface area contributed by atoms with Gasteiger partial charge in [-0.05, 0) is 44.5 Å². The monoisotopic (exact) mass is 348 g/mol. The van der Waals surface area contributed by atoms with E-state index in [2.05, 4.69) is 5.32 Å². The summed E-state index contributed by atoms with van der Waals surface area (Å²) in [5, 5.41) is 2.98. The standard InChI is InChI=1S/C18H24N2O3S/c1-12-10-17(14(3)23-12)13(2)19-18(21)20(4)11-15-6-8-16(9-7-15)24(5)22/h6-10,13H,11H2,1-5H3,(H,19,21)/t13-,24-/m1/s1. The van der Waals surface area contributed by atoms with Crippen LogP contribution in [0.2, 0.25) is 0 Å². The number of hydrogen-bond donors (Lipinski definition) is 1. The Hall–Kier alpha value is -2.08. The van der Waals surface area contributed by atoms with E-state index in [0.29, 0.717) is 6.54 Å². The van der Waals surface area contributed by atoms with Gasteiger partial charge >= 0.3 is 6.03 Å². The molecule has 1 aromatic heterocycles. The van der Waals surface area contributed by atoms with Gasteiger partial charge in [0.1, 0.15) is 11.5 Å². The SMILES string of the molecule is Cc1cc([C@@H](C)NC(=O)N(C)Cc2ccc([S@@](C)=O)cc2)c(C)o1. The van der Waals surface area contributed by atoms with Crippen molar-refractivity contribution in [2.45, 2.75) is 38.3 Å². The minimum Gasteiger partial charge on any atom is -0.466 e. The van der Waals surface area contributed by atoms with Crippen LogP contribution >= 0.6 is 0 Å². The minimum atomic E-state index is -0.990. The fourth-order valence-electron chi connectivity index (χ4n) is 2.59. The molecule has 0 spiro atoms. The van der Waals surface area contributed by atoms with Gasteiger partial charge in [0, 0.05) is 41.1 Å². The molecule has 1 heterocycles. The first kappa shape index (κ1) is 18.3. The first-order chi connectivity index (χ1) is 11.3. The zero-order valence-electron chi connectivity index (χ0n) is 14.8. The molecule has 2 amide bonds. The highest BCUT2D eigenvalue weighted by Crippen LogP contribution is 2.21. The lowest BCUT2D eigenvalue weighted by Gasteiger charge is -2.21. The molecule has 0 aliphatic carbocycles. The number of aryl methyl sites for hydroxylation is 2. The van der Waals surface area contributed by atoms with Gasteiger partial charge in [-0.25, -0.2) is 4.79 Å². The lowest BCUT2D eigenvalue weighted by Crippen LogP contribution is -2.38. The van der Waals surface area contributed by atoms with Gasteiger partial charge in [0.25, 0.3) is 0 Å². The number of benzene rings is 1. The van der Waals surface area contributed by atoms with Crippen molar-refractivity contribution in [3.63, 3.8) is 0 Å². The van der Waals surface area contributed by atoms with Crippen LogP contribution in [0.5, 0.6) is 0 Å². The molecule has 0 fully saturated rings. The van der Waals surface area contributed by atoms with Crippen molar-refractivity contribution in [3.05, 3.63) is 53.0 Å². The summed E-state index contributed by atoms with van der Waals surface area (Å²) in [6.45, 7) is 6.21. The Morgan fingerprint density at radius 3 is 2.42 bits per heavy atom. The summed E-state index contributed by atoms with van der Waals surface area (Å²) in [4.78, 5) is 14.8. The molecular formula is C18H24N2O3S. The Balaban J connectivity index is 1.96. The van der Waals surface area contributed by atoms with Crippen molar-refractivity contribution in [1.29, 1.82) is 0 Å². The summed E-state index contributed by atoms with van der Waals surface area (Å²) < 4.78 is 16.9. The van der Waals surface area contributed by atoms with Gasteiger partial charge in [0.05, 0.1) is 6.04 Å². The summed E-state index contributed by atoms with van der Waals surface area (Å²) in [7, 11) is 0.762. The molecule has 2 atom stereocenters. The lowest BCUT2D eigenvalue weighted by molar-refractivity contribution is 0.203. The van der Waals surface area contributed by atoms with E-state index in [4.69, 9.17) is 4.42 Å². The van der Waals surface area contributed by atoms with Crippen molar-refractivity contribution < 1.29 is 13.4 Å². The van der Waals surface area contributed by atoms with Crippen molar-refractivity contribution in [3.8, 4) is 0 Å². The third kappa shape index (κ3) is 4.47. The molecular weight excluding hydrogens is 324 g/mol. The molecule has 0 aliphatic heterocycles. The molecule has 1 aromatic carbocycles. The lowest BCUT2D eigenvalue weighted by atomic mass is 10.1. The molecule has 0 saturated heterocycles. The van der Waals surface area contributed by atoms with Crippen molar-refractivity contribution >= 4 is 16.8 Å². The first-order valence-electron chi connectivity index (χ1n) is 7.79. The van der Waals surface area contributed by atoms with Crippen molar-refractivity contribution in [2.24, 2.45) is 0 Å². The quantitative estimate of drug-likeness (QED) is 0.899. The number of hydrogen-bond acceptors (Lipinski definition) is 3. The van der Waals surface area contributed by atoms with E-state index in [9.17, 15) is 9.00 Å². The van der Waals surface area contributed by atoms with E-state index in [0.717, 1.165) is 27.5 Å². The van der Waals surface area contributed by atoms with Gasteiger partial charge in [0.2, 0.25) is 0 Å². The second-order valence-corrected chi connectivity index (χ2v) is 7.37. The van der Waals surface area contributed by atoms with Crippen molar-refractivity contribution in [2.75, 3.05) is 13.3 Å². The van der Waals surface area contributed by atoms with Crippen LogP contribution in [0.15, 0.2) is 39.6 Å². The van der Waals surface area contributed by atoms with E-state index in [1.807, 2.05) is 51.1 Å². The normalized spacial score (nSPS) is 13.4. The molecule has 2 rings (SSSR count). The third-order valence-electron chi connectivity index (χ3n) is 3.91. The molecule has 5 nitrogen and oxygen atoms in total. The van der Waals surface area contributed by atoms with Crippen LogP contribution in [0, 0.1) is 13.8 Å². The third-order valence-corrected chi connectivity index (χ3v) is 4.84. The maximum atomic E-state index is 12.4. The number of amides is 2. The molecule has 0 aliphatic rings. The van der Waals surface area contributed by atoms with Crippen LogP contribution < -0.4 is 5.32 Å². The highest BCUT2D eigenvalue weighted by Gasteiger charge is 2.17. The summed E-state index contributed by atoms with van der Waals surface area (Å²) in [6.07, 6.45) is 1.65. The summed E-state index contributed by atoms with van der Waals surface area (Å²) in [5.74, 6) is 1.66. The topological polar surface area (TPSA) is 62.6 Å². The summed E-state index contributed by atoms with van der Waals surface area (Å²) >= 11 is 0. The molecule has 130 valence electrons. The minimum absolute atomic E-state index is 0.123. The van der Waals surface area contributed by atoms with Gasteiger partial charge in [0.15, 0.2) is 0 Å². The Kier molecular flexibility index (Phi) is 5.83. The average Bonchev–Trinajstić information content (AvgIpc) is 2.86. The summed E-state index contributed by atoms with van der Waals surface area (Å²) in [6, 6.07) is 9.13. The van der Waals surface area contributed by atoms with E-state index in [1.165, 1.54) is 0 Å². The predicted molar refractivity (Wildman–Crippen MR) is 95.4 cm³/mol. The van der Waals surface area contributed by atoms with Gasteiger partial charge in [-0.3, -0.25) is 4.21 Å². The number of urea groups is 1. The van der Waals surface area contributed by atoms with Crippen LogP contribution in [-0.2, 0) is 17.3 Å². The van der Waals surface area contributed by atoms with Gasteiger partial charge in [-0.15, -0.1) is 0 Å². The van der Waals surface area contributed by atoms with E-state index < -0.39 is 10.8 Å². The Morgan fingerprint density at radius 2 is 1.92 bits per heavy atom. The van der Waals surface area contributed by atoms with Crippen LogP contribution in [0.4, 0.5) is 4.79 Å². The van der Waals surface area contributed by atoms with Gasteiger partial charge in [-0.2, -0.15) is 0 Å². The summed E-state index contributed by atoms with van der Waals surface area (Å²) in [5.41, 5.74) is 1.98. The van der Waals surface area contributed by atoms with Crippen LogP contribution in [-0.4, -0.2) is 28.4 Å². The molecule has 1 N–H and O–H groups in total. The van der Waals surface area contributed by atoms with Crippen molar-refractivity contribution in [1.82, 2.24) is 10.2 Å². The van der Waals surface area contributed by atoms with Crippen LogP contribution in [0.3, 0.4) is 0 Å². The molecule has 0 radical (unpaired) electrons. The van der Waals surface area contributed by atoms with Gasteiger partial charge < -0.3 is 14.6 Å². The predicted octanol–water partition coefficient (Wildman–Crippen LogP) is 3.54. The molecule has 24 heavy (non-hydrogen) atoms. The smallest absolute Gasteiger partial charge is 0.317 e. The molecule has 6 heteroatoms. The molecule has 0 saturated carbocycles. The maximum absolute atomic E-state index is 12.4. The van der Waals surface area contributed by atoms with Crippen LogP contribution in [0.25, 0.3) is 0 Å². The van der Waals surface area contributed by atoms with E-state index >= 15 is 0 Å². The molecule has 2 aromatic rings. The fourth-order valence-corrected chi connectivity index (χ4v) is 3.11. The highest BCUT2D eigenvalue weighted by atomic mass is 32.2. The zero-order valence-corrected chi connectivity index (χ0v) is 15.6. The number of furan rings is 1. The molecule has 0 unspecified atom stereocenters. The zero-order chi connectivity index (χ0) is 17.9.